The second kappa shape index (κ2) is 6.47. The molecule has 0 amide bonds. The van der Waals surface area contributed by atoms with Crippen molar-refractivity contribution in [1.29, 1.82) is 0 Å². The summed E-state index contributed by atoms with van der Waals surface area (Å²) in [4.78, 5) is 0.0142. The molecule has 0 heterocycles. The molecule has 4 nitrogen and oxygen atoms in total. The largest absolute Gasteiger partial charge is 0.398 e. The van der Waals surface area contributed by atoms with E-state index in [1.807, 2.05) is 30.3 Å². The summed E-state index contributed by atoms with van der Waals surface area (Å²) in [5.74, 6) is 0. The molecular weight excluding hydrogens is 308 g/mol. The van der Waals surface area contributed by atoms with Crippen LogP contribution in [0.1, 0.15) is 11.1 Å². The summed E-state index contributed by atoms with van der Waals surface area (Å²) >= 11 is 6.01. The van der Waals surface area contributed by atoms with Crippen molar-refractivity contribution in [3.8, 4) is 0 Å². The number of hydrogen-bond acceptors (Lipinski definition) is 3. The monoisotopic (exact) mass is 324 g/mol. The Balaban J connectivity index is 2.10. The Labute approximate surface area is 130 Å². The highest BCUT2D eigenvalue weighted by molar-refractivity contribution is 7.89. The van der Waals surface area contributed by atoms with Gasteiger partial charge in [-0.25, -0.2) is 13.1 Å². The highest BCUT2D eigenvalue weighted by Crippen LogP contribution is 2.26. The van der Waals surface area contributed by atoms with E-state index in [0.29, 0.717) is 18.7 Å². The van der Waals surface area contributed by atoms with Crippen molar-refractivity contribution in [2.45, 2.75) is 18.2 Å². The summed E-state index contributed by atoms with van der Waals surface area (Å²) < 4.78 is 27.1. The van der Waals surface area contributed by atoms with Crippen LogP contribution in [0.25, 0.3) is 0 Å². The van der Waals surface area contributed by atoms with Crippen molar-refractivity contribution in [1.82, 2.24) is 4.72 Å². The first-order chi connectivity index (χ1) is 9.90. The highest BCUT2D eigenvalue weighted by atomic mass is 35.5. The van der Waals surface area contributed by atoms with Crippen LogP contribution in [0.3, 0.4) is 0 Å². The fourth-order valence-electron chi connectivity index (χ4n) is 1.93. The Bertz CT molecular complexity index is 731. The van der Waals surface area contributed by atoms with Gasteiger partial charge in [0.15, 0.2) is 0 Å². The fraction of sp³-hybridized carbons (Fsp3) is 0.200. The number of sulfonamides is 1. The molecule has 0 bridgehead atoms. The van der Waals surface area contributed by atoms with Gasteiger partial charge >= 0.3 is 0 Å². The van der Waals surface area contributed by atoms with Gasteiger partial charge in [-0.1, -0.05) is 41.9 Å². The van der Waals surface area contributed by atoms with Gasteiger partial charge in [0.2, 0.25) is 10.0 Å². The predicted molar refractivity (Wildman–Crippen MR) is 85.9 cm³/mol. The summed E-state index contributed by atoms with van der Waals surface area (Å²) in [5, 5.41) is 0.175. The summed E-state index contributed by atoms with van der Waals surface area (Å²) in [6, 6.07) is 12.6. The molecule has 0 aliphatic rings. The standard InChI is InChI=1S/C15H17ClN2O2S/c1-11-9-13(16)15(10-14(11)17)21(19,20)18-8-7-12-5-3-2-4-6-12/h2-6,9-10,18H,7-8,17H2,1H3. The topological polar surface area (TPSA) is 72.2 Å². The van der Waals surface area contributed by atoms with E-state index >= 15 is 0 Å². The molecule has 2 aromatic carbocycles. The lowest BCUT2D eigenvalue weighted by atomic mass is 10.2. The van der Waals surface area contributed by atoms with Gasteiger partial charge < -0.3 is 5.73 Å². The molecule has 0 saturated heterocycles. The second-order valence-corrected chi connectivity index (χ2v) is 6.92. The molecule has 0 unspecified atom stereocenters. The van der Waals surface area contributed by atoms with E-state index in [2.05, 4.69) is 4.72 Å². The van der Waals surface area contributed by atoms with Gasteiger partial charge in [0.05, 0.1) is 5.02 Å². The van der Waals surface area contributed by atoms with Crippen molar-refractivity contribution in [3.63, 3.8) is 0 Å². The van der Waals surface area contributed by atoms with Gasteiger partial charge in [0, 0.05) is 12.2 Å². The lowest BCUT2D eigenvalue weighted by Gasteiger charge is -2.10. The maximum Gasteiger partial charge on any atom is 0.242 e. The van der Waals surface area contributed by atoms with Crippen molar-refractivity contribution >= 4 is 27.3 Å². The number of nitrogen functional groups attached to an aromatic ring is 1. The zero-order chi connectivity index (χ0) is 15.5. The molecule has 2 rings (SSSR count). The Morgan fingerprint density at radius 3 is 2.52 bits per heavy atom. The Morgan fingerprint density at radius 1 is 1.19 bits per heavy atom. The maximum absolute atomic E-state index is 12.3. The second-order valence-electron chi connectivity index (χ2n) is 4.77. The van der Waals surface area contributed by atoms with Crippen LogP contribution >= 0.6 is 11.6 Å². The third-order valence-electron chi connectivity index (χ3n) is 3.16. The number of benzene rings is 2. The normalized spacial score (nSPS) is 11.5. The molecule has 6 heteroatoms. The Hall–Kier alpha value is -1.56. The van der Waals surface area contributed by atoms with E-state index in [9.17, 15) is 8.42 Å². The van der Waals surface area contributed by atoms with Gasteiger partial charge in [-0.2, -0.15) is 0 Å². The number of aryl methyl sites for hydroxylation is 1. The summed E-state index contributed by atoms with van der Waals surface area (Å²) in [6.45, 7) is 2.08. The molecule has 21 heavy (non-hydrogen) atoms. The van der Waals surface area contributed by atoms with E-state index in [1.165, 1.54) is 6.07 Å². The molecule has 0 atom stereocenters. The Kier molecular flexibility index (Phi) is 4.88. The molecule has 0 radical (unpaired) electrons. The highest BCUT2D eigenvalue weighted by Gasteiger charge is 2.18. The van der Waals surface area contributed by atoms with Crippen molar-refractivity contribution in [2.24, 2.45) is 0 Å². The summed E-state index contributed by atoms with van der Waals surface area (Å²) in [6.07, 6.45) is 0.610. The minimum Gasteiger partial charge on any atom is -0.398 e. The van der Waals surface area contributed by atoms with E-state index in [1.54, 1.807) is 13.0 Å². The predicted octanol–water partition coefficient (Wildman–Crippen LogP) is 2.75. The zero-order valence-corrected chi connectivity index (χ0v) is 13.2. The van der Waals surface area contributed by atoms with Crippen molar-refractivity contribution in [2.75, 3.05) is 12.3 Å². The van der Waals surface area contributed by atoms with Crippen LogP contribution in [0.15, 0.2) is 47.4 Å². The van der Waals surface area contributed by atoms with Crippen LogP contribution in [0.4, 0.5) is 5.69 Å². The smallest absolute Gasteiger partial charge is 0.242 e. The van der Waals surface area contributed by atoms with Gasteiger partial charge in [-0.15, -0.1) is 0 Å². The molecular formula is C15H17ClN2O2S. The average Bonchev–Trinajstić information content (AvgIpc) is 2.43. The fourth-order valence-corrected chi connectivity index (χ4v) is 3.57. The minimum absolute atomic E-state index is 0.0142. The molecule has 0 fully saturated rings. The summed E-state index contributed by atoms with van der Waals surface area (Å²) in [7, 11) is -3.66. The molecule has 112 valence electrons. The van der Waals surface area contributed by atoms with Crippen LogP contribution in [0.5, 0.6) is 0 Å². The third kappa shape index (κ3) is 3.97. The number of rotatable bonds is 5. The third-order valence-corrected chi connectivity index (χ3v) is 5.08. The number of anilines is 1. The van der Waals surface area contributed by atoms with Gasteiger partial charge in [0.1, 0.15) is 4.90 Å². The van der Waals surface area contributed by atoms with E-state index < -0.39 is 10.0 Å². The van der Waals surface area contributed by atoms with E-state index in [-0.39, 0.29) is 9.92 Å². The Morgan fingerprint density at radius 2 is 1.86 bits per heavy atom. The van der Waals surface area contributed by atoms with Crippen LogP contribution in [0.2, 0.25) is 5.02 Å². The molecule has 3 N–H and O–H groups in total. The minimum atomic E-state index is -3.66. The van der Waals surface area contributed by atoms with E-state index in [4.69, 9.17) is 17.3 Å². The number of halogens is 1. The van der Waals surface area contributed by atoms with Crippen LogP contribution in [-0.2, 0) is 16.4 Å². The van der Waals surface area contributed by atoms with Gasteiger partial charge in [-0.3, -0.25) is 0 Å². The van der Waals surface area contributed by atoms with Gasteiger partial charge in [-0.05, 0) is 36.6 Å². The zero-order valence-electron chi connectivity index (χ0n) is 11.6. The molecule has 0 saturated carbocycles. The van der Waals surface area contributed by atoms with Crippen molar-refractivity contribution in [3.05, 3.63) is 58.6 Å². The molecule has 0 aliphatic carbocycles. The lowest BCUT2D eigenvalue weighted by molar-refractivity contribution is 0.581. The lowest BCUT2D eigenvalue weighted by Crippen LogP contribution is -2.26. The quantitative estimate of drug-likeness (QED) is 0.831. The average molecular weight is 325 g/mol. The van der Waals surface area contributed by atoms with E-state index in [0.717, 1.165) is 11.1 Å². The first kappa shape index (κ1) is 15.8. The molecule has 0 aromatic heterocycles. The molecule has 0 aliphatic heterocycles. The number of nitrogens with one attached hydrogen (secondary N) is 1. The first-order valence-corrected chi connectivity index (χ1v) is 8.35. The summed E-state index contributed by atoms with van der Waals surface area (Å²) in [5.41, 5.74) is 7.98. The number of nitrogens with two attached hydrogens (primary N) is 1. The van der Waals surface area contributed by atoms with Gasteiger partial charge in [0.25, 0.3) is 0 Å². The van der Waals surface area contributed by atoms with Crippen LogP contribution < -0.4 is 10.5 Å². The number of hydrogen-bond donors (Lipinski definition) is 2. The molecule has 2 aromatic rings. The maximum atomic E-state index is 12.3. The first-order valence-electron chi connectivity index (χ1n) is 6.49. The van der Waals surface area contributed by atoms with Crippen LogP contribution in [0, 0.1) is 6.92 Å². The van der Waals surface area contributed by atoms with Crippen molar-refractivity contribution < 1.29 is 8.42 Å². The SMILES string of the molecule is Cc1cc(Cl)c(S(=O)(=O)NCCc2ccccc2)cc1N. The molecule has 0 spiro atoms. The van der Waals surface area contributed by atoms with Crippen LogP contribution in [-0.4, -0.2) is 15.0 Å².